The molecule has 0 aliphatic carbocycles. The van der Waals surface area contributed by atoms with Crippen molar-refractivity contribution in [2.75, 3.05) is 0 Å². The quantitative estimate of drug-likeness (QED) is 0.512. The zero-order valence-corrected chi connectivity index (χ0v) is 15.6. The summed E-state index contributed by atoms with van der Waals surface area (Å²) in [5, 5.41) is 2.68. The Morgan fingerprint density at radius 2 is 1.46 bits per heavy atom. The topological polar surface area (TPSA) is 55.4 Å². The second-order valence-electron chi connectivity index (χ2n) is 6.35. The first-order valence-electron chi connectivity index (χ1n) is 8.97. The minimum Gasteiger partial charge on any atom is -0.456 e. The number of nitrogens with one attached hydrogen (secondary N) is 1. The van der Waals surface area contributed by atoms with E-state index in [4.69, 9.17) is 4.74 Å². The molecule has 1 amide bonds. The van der Waals surface area contributed by atoms with E-state index in [0.717, 1.165) is 16.7 Å². The van der Waals surface area contributed by atoms with E-state index in [0.29, 0.717) is 5.56 Å². The van der Waals surface area contributed by atoms with Crippen LogP contribution in [0.1, 0.15) is 27.0 Å². The molecule has 140 valence electrons. The second-order valence-corrected chi connectivity index (χ2v) is 6.35. The summed E-state index contributed by atoms with van der Waals surface area (Å²) < 4.78 is 5.40. The van der Waals surface area contributed by atoms with E-state index in [1.165, 1.54) is 0 Å². The van der Waals surface area contributed by atoms with E-state index in [-0.39, 0.29) is 18.2 Å². The number of carbonyl (C=O) groups is 2. The van der Waals surface area contributed by atoms with Gasteiger partial charge < -0.3 is 10.1 Å². The van der Waals surface area contributed by atoms with Crippen molar-refractivity contribution in [3.8, 4) is 0 Å². The fourth-order valence-electron chi connectivity index (χ4n) is 2.56. The van der Waals surface area contributed by atoms with E-state index < -0.39 is 5.97 Å². The molecule has 0 aliphatic heterocycles. The molecule has 0 saturated heterocycles. The molecule has 3 rings (SSSR count). The normalized spacial score (nSPS) is 11.0. The number of carbonyl (C=O) groups excluding carboxylic acids is 2. The zero-order chi connectivity index (χ0) is 19.8. The molecule has 4 nitrogen and oxygen atoms in total. The molecule has 0 unspecified atom stereocenters. The third kappa shape index (κ3) is 5.42. The van der Waals surface area contributed by atoms with Gasteiger partial charge in [-0.3, -0.25) is 4.79 Å². The molecule has 0 heterocycles. The van der Waals surface area contributed by atoms with Crippen LogP contribution in [0.2, 0.25) is 0 Å². The van der Waals surface area contributed by atoms with Crippen molar-refractivity contribution in [2.24, 2.45) is 0 Å². The summed E-state index contributed by atoms with van der Waals surface area (Å²) in [5.74, 6) is -0.952. The standard InChI is InChI=1S/C24H21NO3/c1-18-12-14-21(15-13-18)23(26)25-22(16-19-8-4-2-5-9-19)24(27)28-17-20-10-6-3-7-11-20/h2-16H,17H2,1H3,(H,25,26)/b22-16+. The number of rotatable bonds is 6. The Morgan fingerprint density at radius 1 is 0.857 bits per heavy atom. The van der Waals surface area contributed by atoms with Crippen molar-refractivity contribution in [3.05, 3.63) is 113 Å². The van der Waals surface area contributed by atoms with Crippen molar-refractivity contribution in [1.29, 1.82) is 0 Å². The maximum absolute atomic E-state index is 12.6. The van der Waals surface area contributed by atoms with Gasteiger partial charge in [-0.25, -0.2) is 4.79 Å². The van der Waals surface area contributed by atoms with Crippen molar-refractivity contribution in [2.45, 2.75) is 13.5 Å². The van der Waals surface area contributed by atoms with Crippen molar-refractivity contribution in [1.82, 2.24) is 5.32 Å². The van der Waals surface area contributed by atoms with Gasteiger partial charge in [-0.1, -0.05) is 78.4 Å². The third-order valence-electron chi connectivity index (χ3n) is 4.11. The molecule has 0 fully saturated rings. The van der Waals surface area contributed by atoms with Crippen molar-refractivity contribution in [3.63, 3.8) is 0 Å². The van der Waals surface area contributed by atoms with Gasteiger partial charge >= 0.3 is 5.97 Å². The lowest BCUT2D eigenvalue weighted by Crippen LogP contribution is -2.28. The summed E-state index contributed by atoms with van der Waals surface area (Å²) in [7, 11) is 0. The minimum absolute atomic E-state index is 0.0905. The van der Waals surface area contributed by atoms with Crippen LogP contribution in [0.5, 0.6) is 0 Å². The van der Waals surface area contributed by atoms with Gasteiger partial charge in [-0.15, -0.1) is 0 Å². The van der Waals surface area contributed by atoms with Crippen LogP contribution < -0.4 is 5.32 Å². The van der Waals surface area contributed by atoms with Crippen LogP contribution in [-0.4, -0.2) is 11.9 Å². The minimum atomic E-state index is -0.590. The average molecular weight is 371 g/mol. The van der Waals surface area contributed by atoms with Gasteiger partial charge in [0, 0.05) is 5.56 Å². The Hall–Kier alpha value is -3.66. The third-order valence-corrected chi connectivity index (χ3v) is 4.11. The van der Waals surface area contributed by atoms with Crippen LogP contribution >= 0.6 is 0 Å². The highest BCUT2D eigenvalue weighted by atomic mass is 16.5. The molecule has 3 aromatic carbocycles. The Morgan fingerprint density at radius 3 is 2.11 bits per heavy atom. The largest absolute Gasteiger partial charge is 0.456 e. The summed E-state index contributed by atoms with van der Waals surface area (Å²) in [4.78, 5) is 25.2. The van der Waals surface area contributed by atoms with Gasteiger partial charge in [0.25, 0.3) is 5.91 Å². The summed E-state index contributed by atoms with van der Waals surface area (Å²) in [6, 6.07) is 25.9. The lowest BCUT2D eigenvalue weighted by Gasteiger charge is -2.11. The molecule has 0 atom stereocenters. The van der Waals surface area contributed by atoms with E-state index in [1.54, 1.807) is 18.2 Å². The smallest absolute Gasteiger partial charge is 0.355 e. The molecule has 28 heavy (non-hydrogen) atoms. The van der Waals surface area contributed by atoms with E-state index in [9.17, 15) is 9.59 Å². The molecular weight excluding hydrogens is 350 g/mol. The zero-order valence-electron chi connectivity index (χ0n) is 15.6. The van der Waals surface area contributed by atoms with Gasteiger partial charge in [0.1, 0.15) is 12.3 Å². The van der Waals surface area contributed by atoms with Gasteiger partial charge in [-0.2, -0.15) is 0 Å². The van der Waals surface area contributed by atoms with Crippen molar-refractivity contribution >= 4 is 18.0 Å². The van der Waals surface area contributed by atoms with E-state index in [2.05, 4.69) is 5.32 Å². The Labute approximate surface area is 164 Å². The predicted octanol–water partition coefficient (Wildman–Crippen LogP) is 4.51. The molecule has 0 spiro atoms. The van der Waals surface area contributed by atoms with E-state index >= 15 is 0 Å². The number of hydrogen-bond acceptors (Lipinski definition) is 3. The Bertz CT molecular complexity index is 962. The average Bonchev–Trinajstić information content (AvgIpc) is 2.73. The van der Waals surface area contributed by atoms with Crippen molar-refractivity contribution < 1.29 is 14.3 Å². The maximum Gasteiger partial charge on any atom is 0.355 e. The van der Waals surface area contributed by atoms with Crippen LogP contribution in [0.15, 0.2) is 90.6 Å². The number of benzene rings is 3. The first-order chi connectivity index (χ1) is 13.6. The first-order valence-corrected chi connectivity index (χ1v) is 8.97. The van der Waals surface area contributed by atoms with Gasteiger partial charge in [-0.05, 0) is 36.3 Å². The highest BCUT2D eigenvalue weighted by Gasteiger charge is 2.16. The van der Waals surface area contributed by atoms with Crippen LogP contribution in [0, 0.1) is 6.92 Å². The maximum atomic E-state index is 12.6. The molecule has 0 aromatic heterocycles. The second kappa shape index (κ2) is 9.33. The van der Waals surface area contributed by atoms with Crippen LogP contribution in [0.25, 0.3) is 6.08 Å². The van der Waals surface area contributed by atoms with Crippen LogP contribution in [-0.2, 0) is 16.1 Å². The molecule has 3 aromatic rings. The number of ether oxygens (including phenoxy) is 1. The number of amides is 1. The predicted molar refractivity (Wildman–Crippen MR) is 109 cm³/mol. The number of aryl methyl sites for hydroxylation is 1. The molecule has 0 bridgehead atoms. The Balaban J connectivity index is 1.78. The van der Waals surface area contributed by atoms with Gasteiger partial charge in [0.2, 0.25) is 0 Å². The monoisotopic (exact) mass is 371 g/mol. The first kappa shape index (κ1) is 19.1. The fraction of sp³-hybridized carbons (Fsp3) is 0.0833. The molecule has 0 aliphatic rings. The molecular formula is C24H21NO3. The summed E-state index contributed by atoms with van der Waals surface area (Å²) in [5.41, 5.74) is 3.28. The molecule has 0 radical (unpaired) electrons. The van der Waals surface area contributed by atoms with Crippen LogP contribution in [0.4, 0.5) is 0 Å². The SMILES string of the molecule is Cc1ccc(C(=O)N/C(=C/c2ccccc2)C(=O)OCc2ccccc2)cc1. The summed E-state index contributed by atoms with van der Waals surface area (Å²) in [6.45, 7) is 2.08. The highest BCUT2D eigenvalue weighted by molar-refractivity contribution is 6.03. The lowest BCUT2D eigenvalue weighted by atomic mass is 10.1. The summed E-state index contributed by atoms with van der Waals surface area (Å²) >= 11 is 0. The Kier molecular flexibility index (Phi) is 6.37. The fourth-order valence-corrected chi connectivity index (χ4v) is 2.56. The van der Waals surface area contributed by atoms with Gasteiger partial charge in [0.15, 0.2) is 0 Å². The van der Waals surface area contributed by atoms with Crippen LogP contribution in [0.3, 0.4) is 0 Å². The van der Waals surface area contributed by atoms with E-state index in [1.807, 2.05) is 79.7 Å². The lowest BCUT2D eigenvalue weighted by molar-refractivity contribution is -0.140. The number of hydrogen-bond donors (Lipinski definition) is 1. The molecule has 1 N–H and O–H groups in total. The summed E-state index contributed by atoms with van der Waals surface area (Å²) in [6.07, 6.45) is 1.61. The molecule has 0 saturated carbocycles. The molecule has 4 heteroatoms. The van der Waals surface area contributed by atoms with Gasteiger partial charge in [0.05, 0.1) is 0 Å². The highest BCUT2D eigenvalue weighted by Crippen LogP contribution is 2.10. The number of esters is 1.